The number of benzene rings is 5. The quantitative estimate of drug-likeness (QED) is 0.167. The van der Waals surface area contributed by atoms with E-state index in [1.807, 2.05) is 0 Å². The molecule has 0 saturated heterocycles. The average Bonchev–Trinajstić information content (AvgIpc) is 2.89. The van der Waals surface area contributed by atoms with Crippen molar-refractivity contribution in [3.05, 3.63) is 43.7 Å². The van der Waals surface area contributed by atoms with Gasteiger partial charge in [0.25, 0.3) is 0 Å². The van der Waals surface area contributed by atoms with Crippen molar-refractivity contribution in [1.29, 1.82) is 0 Å². The number of fused-ring (bicyclic) bond motifs is 2. The summed E-state index contributed by atoms with van der Waals surface area (Å²) in [5, 5.41) is 45.8. The summed E-state index contributed by atoms with van der Waals surface area (Å²) in [4.78, 5) is 27.0. The number of phenolic OH excluding ortho intramolecular Hbond substituents is 2. The first-order valence-electron chi connectivity index (χ1n) is 12.7. The summed E-state index contributed by atoms with van der Waals surface area (Å²) in [6, 6.07) is 2.47. The van der Waals surface area contributed by atoms with Crippen LogP contribution in [0, 0.1) is 0 Å². The van der Waals surface area contributed by atoms with E-state index in [1.165, 1.54) is 40.6 Å². The van der Waals surface area contributed by atoms with Gasteiger partial charge in [-0.3, -0.25) is 9.59 Å². The summed E-state index contributed by atoms with van der Waals surface area (Å²) >= 11 is 0. The van der Waals surface area contributed by atoms with Crippen LogP contribution in [0.25, 0.3) is 43.1 Å². The van der Waals surface area contributed by atoms with Crippen molar-refractivity contribution in [3.63, 3.8) is 0 Å². The molecule has 210 valence electrons. The van der Waals surface area contributed by atoms with E-state index < -0.39 is 34.6 Å². The molecule has 0 aromatic heterocycles. The van der Waals surface area contributed by atoms with Gasteiger partial charge in [0, 0.05) is 57.6 Å². The van der Waals surface area contributed by atoms with E-state index in [9.17, 15) is 30.0 Å². The molecule has 0 aliphatic carbocycles. The van der Waals surface area contributed by atoms with Gasteiger partial charge in [0.1, 0.15) is 11.5 Å². The van der Waals surface area contributed by atoms with Crippen LogP contribution in [0.5, 0.6) is 34.5 Å². The Balaban J connectivity index is 2.38. The van der Waals surface area contributed by atoms with Crippen LogP contribution in [-0.4, -0.2) is 61.1 Å². The van der Waals surface area contributed by atoms with Crippen molar-refractivity contribution in [2.75, 3.05) is 28.4 Å². The fourth-order valence-electron chi connectivity index (χ4n) is 6.07. The standard InChI is InChI=1S/C30H30O10/c1-11(31)7-13-19-20-14(8-12(2)32)30(40-6)28(36)22-16(34)10-18(38-4)24(26(20)22)23-17(37-3)9-15(33)21(25(19)23)27(35)29(13)39-5/h9-12,31-32,35-36H,7-8H2,1-6H3. The summed E-state index contributed by atoms with van der Waals surface area (Å²) in [5.41, 5.74) is -0.368. The van der Waals surface area contributed by atoms with Crippen molar-refractivity contribution >= 4 is 43.1 Å². The molecular formula is C30H30O10. The van der Waals surface area contributed by atoms with Crippen molar-refractivity contribution in [2.45, 2.75) is 38.9 Å². The Morgan fingerprint density at radius 1 is 0.575 bits per heavy atom. The maximum Gasteiger partial charge on any atom is 0.194 e. The molecule has 0 radical (unpaired) electrons. The third kappa shape index (κ3) is 3.63. The van der Waals surface area contributed by atoms with Gasteiger partial charge in [0.2, 0.25) is 0 Å². The van der Waals surface area contributed by atoms with E-state index in [1.54, 1.807) is 13.8 Å². The van der Waals surface area contributed by atoms with Gasteiger partial charge in [0.15, 0.2) is 33.9 Å². The number of aromatic hydroxyl groups is 2. The van der Waals surface area contributed by atoms with Crippen LogP contribution in [0.4, 0.5) is 0 Å². The molecule has 0 aliphatic heterocycles. The fraction of sp³-hybridized carbons (Fsp3) is 0.333. The van der Waals surface area contributed by atoms with Crippen molar-refractivity contribution < 1.29 is 39.4 Å². The second-order valence-corrected chi connectivity index (χ2v) is 9.98. The third-order valence-electron chi connectivity index (χ3n) is 7.41. The van der Waals surface area contributed by atoms with E-state index in [0.29, 0.717) is 43.4 Å². The molecule has 5 aromatic carbocycles. The van der Waals surface area contributed by atoms with E-state index in [2.05, 4.69) is 0 Å². The lowest BCUT2D eigenvalue weighted by atomic mass is 9.81. The Hall–Kier alpha value is -4.28. The molecule has 10 nitrogen and oxygen atoms in total. The van der Waals surface area contributed by atoms with Crippen LogP contribution in [0.1, 0.15) is 25.0 Å². The largest absolute Gasteiger partial charge is 0.504 e. The number of aliphatic hydroxyl groups excluding tert-OH is 2. The fourth-order valence-corrected chi connectivity index (χ4v) is 6.07. The van der Waals surface area contributed by atoms with E-state index in [4.69, 9.17) is 18.9 Å². The molecule has 5 rings (SSSR count). The molecule has 0 amide bonds. The molecule has 4 N–H and O–H groups in total. The van der Waals surface area contributed by atoms with E-state index >= 15 is 0 Å². The van der Waals surface area contributed by atoms with Gasteiger partial charge in [-0.2, -0.15) is 0 Å². The minimum atomic E-state index is -0.903. The first-order chi connectivity index (χ1) is 19.0. The predicted octanol–water partition coefficient (Wildman–Crippen LogP) is 3.19. The molecule has 0 saturated carbocycles. The number of hydrogen-bond donors (Lipinski definition) is 4. The van der Waals surface area contributed by atoms with Crippen LogP contribution in [0.15, 0.2) is 21.7 Å². The predicted molar refractivity (Wildman–Crippen MR) is 152 cm³/mol. The molecule has 2 atom stereocenters. The zero-order valence-electron chi connectivity index (χ0n) is 23.0. The molecule has 0 heterocycles. The molecule has 0 spiro atoms. The molecule has 40 heavy (non-hydrogen) atoms. The Morgan fingerprint density at radius 3 is 1.20 bits per heavy atom. The highest BCUT2D eigenvalue weighted by molar-refractivity contribution is 6.38. The zero-order chi connectivity index (χ0) is 29.2. The summed E-state index contributed by atoms with van der Waals surface area (Å²) in [5.74, 6) is -0.548. The van der Waals surface area contributed by atoms with Gasteiger partial charge in [-0.15, -0.1) is 0 Å². The van der Waals surface area contributed by atoms with Crippen LogP contribution >= 0.6 is 0 Å². The minimum absolute atomic E-state index is 0.00478. The lowest BCUT2D eigenvalue weighted by Crippen LogP contribution is -2.14. The van der Waals surface area contributed by atoms with Crippen molar-refractivity contribution in [1.82, 2.24) is 0 Å². The van der Waals surface area contributed by atoms with Gasteiger partial charge in [-0.1, -0.05) is 0 Å². The third-order valence-corrected chi connectivity index (χ3v) is 7.41. The highest BCUT2D eigenvalue weighted by Gasteiger charge is 2.33. The van der Waals surface area contributed by atoms with Gasteiger partial charge in [-0.25, -0.2) is 0 Å². The summed E-state index contributed by atoms with van der Waals surface area (Å²) < 4.78 is 22.5. The van der Waals surface area contributed by atoms with Crippen molar-refractivity contribution in [3.8, 4) is 34.5 Å². The minimum Gasteiger partial charge on any atom is -0.504 e. The Labute approximate surface area is 228 Å². The number of phenols is 2. The number of aliphatic hydroxyl groups is 2. The van der Waals surface area contributed by atoms with Gasteiger partial charge in [0.05, 0.1) is 51.4 Å². The highest BCUT2D eigenvalue weighted by atomic mass is 16.5. The second-order valence-electron chi connectivity index (χ2n) is 9.98. The number of ether oxygens (including phenoxy) is 4. The smallest absolute Gasteiger partial charge is 0.194 e. The van der Waals surface area contributed by atoms with E-state index in [0.717, 1.165) is 0 Å². The maximum atomic E-state index is 13.5. The van der Waals surface area contributed by atoms with Crippen LogP contribution in [-0.2, 0) is 12.8 Å². The first kappa shape index (κ1) is 27.3. The van der Waals surface area contributed by atoms with Gasteiger partial charge in [-0.05, 0) is 24.6 Å². The van der Waals surface area contributed by atoms with Crippen LogP contribution < -0.4 is 29.8 Å². The van der Waals surface area contributed by atoms with Crippen LogP contribution in [0.3, 0.4) is 0 Å². The molecule has 5 aromatic rings. The Bertz CT molecular complexity index is 1770. The van der Waals surface area contributed by atoms with Crippen LogP contribution in [0.2, 0.25) is 0 Å². The Kier molecular flexibility index (Phi) is 6.63. The van der Waals surface area contributed by atoms with Gasteiger partial charge < -0.3 is 39.4 Å². The highest BCUT2D eigenvalue weighted by Crippen LogP contribution is 2.55. The van der Waals surface area contributed by atoms with E-state index in [-0.39, 0.29) is 46.6 Å². The average molecular weight is 551 g/mol. The number of hydrogen-bond acceptors (Lipinski definition) is 10. The topological polar surface area (TPSA) is 152 Å². The lowest BCUT2D eigenvalue weighted by molar-refractivity contribution is 0.193. The van der Waals surface area contributed by atoms with Crippen molar-refractivity contribution in [2.24, 2.45) is 0 Å². The first-order valence-corrected chi connectivity index (χ1v) is 12.7. The summed E-state index contributed by atoms with van der Waals surface area (Å²) in [6.07, 6.45) is -1.82. The zero-order valence-corrected chi connectivity index (χ0v) is 23.0. The molecule has 10 heteroatoms. The number of rotatable bonds is 8. The second kappa shape index (κ2) is 9.72. The number of methoxy groups -OCH3 is 4. The molecular weight excluding hydrogens is 520 g/mol. The van der Waals surface area contributed by atoms with Gasteiger partial charge >= 0.3 is 0 Å². The normalized spacial score (nSPS) is 13.4. The summed E-state index contributed by atoms with van der Waals surface area (Å²) in [7, 11) is 5.46. The monoisotopic (exact) mass is 550 g/mol. The SMILES string of the molecule is COc1c(O)c2c(=O)cc(OC)c3c4c(OC)cc(=O)c5c(O)c(OC)c(CC(C)O)c(c(c1CC(C)O)c23)c54. The molecule has 2 unspecified atom stereocenters. The molecule has 0 aliphatic rings. The lowest BCUT2D eigenvalue weighted by Gasteiger charge is -2.25. The Morgan fingerprint density at radius 2 is 0.925 bits per heavy atom. The maximum absolute atomic E-state index is 13.5. The molecule has 0 fully saturated rings. The molecule has 0 bridgehead atoms. The summed E-state index contributed by atoms with van der Waals surface area (Å²) in [6.45, 7) is 3.14.